The van der Waals surface area contributed by atoms with Gasteiger partial charge in [0.2, 0.25) is 0 Å². The first kappa shape index (κ1) is 10.4. The van der Waals surface area contributed by atoms with Gasteiger partial charge in [0.05, 0.1) is 12.3 Å². The van der Waals surface area contributed by atoms with Gasteiger partial charge in [0.15, 0.2) is 0 Å². The van der Waals surface area contributed by atoms with E-state index in [-0.39, 0.29) is 6.04 Å². The molecule has 2 aromatic rings. The quantitative estimate of drug-likeness (QED) is 0.619. The molecule has 80 valence electrons. The van der Waals surface area contributed by atoms with E-state index in [2.05, 4.69) is 23.8 Å². The Morgan fingerprint density at radius 1 is 1.47 bits per heavy atom. The normalized spacial score (nSPS) is 13.0. The van der Waals surface area contributed by atoms with Crippen molar-refractivity contribution in [3.8, 4) is 0 Å². The van der Waals surface area contributed by atoms with Gasteiger partial charge in [-0.15, -0.1) is 11.3 Å². The van der Waals surface area contributed by atoms with Gasteiger partial charge in [-0.2, -0.15) is 0 Å². The third kappa shape index (κ3) is 1.97. The maximum Gasteiger partial charge on any atom is 0.105 e. The zero-order valence-electron chi connectivity index (χ0n) is 8.78. The molecule has 3 N–H and O–H groups in total. The first-order valence-corrected chi connectivity index (χ1v) is 5.65. The second kappa shape index (κ2) is 4.18. The van der Waals surface area contributed by atoms with Crippen molar-refractivity contribution in [2.75, 3.05) is 0 Å². The van der Waals surface area contributed by atoms with Gasteiger partial charge in [-0.1, -0.05) is 0 Å². The van der Waals surface area contributed by atoms with E-state index in [4.69, 9.17) is 10.3 Å². The van der Waals surface area contributed by atoms with E-state index < -0.39 is 0 Å². The van der Waals surface area contributed by atoms with Gasteiger partial charge in [-0.25, -0.2) is 5.43 Å². The van der Waals surface area contributed by atoms with Crippen molar-refractivity contribution < 1.29 is 4.42 Å². The minimum absolute atomic E-state index is 0.0219. The largest absolute Gasteiger partial charge is 0.469 e. The summed E-state index contributed by atoms with van der Waals surface area (Å²) in [6.45, 7) is 4.03. The lowest BCUT2D eigenvalue weighted by Gasteiger charge is -2.13. The average molecular weight is 222 g/mol. The fourth-order valence-electron chi connectivity index (χ4n) is 1.67. The van der Waals surface area contributed by atoms with Crippen LogP contribution in [-0.2, 0) is 0 Å². The molecule has 2 aromatic heterocycles. The summed E-state index contributed by atoms with van der Waals surface area (Å²) in [7, 11) is 0. The molecule has 2 rings (SSSR count). The SMILES string of the molecule is Cc1cc(C(NN)c2ccoc2C)cs1. The summed E-state index contributed by atoms with van der Waals surface area (Å²) < 4.78 is 5.28. The van der Waals surface area contributed by atoms with E-state index in [9.17, 15) is 0 Å². The first-order chi connectivity index (χ1) is 7.22. The summed E-state index contributed by atoms with van der Waals surface area (Å²) in [6.07, 6.45) is 1.69. The fourth-order valence-corrected chi connectivity index (χ4v) is 2.41. The standard InChI is InChI=1S/C11H14N2OS/c1-7-5-9(6-15-7)11(13-12)10-3-4-14-8(10)2/h3-6,11,13H,12H2,1-2H3. The van der Waals surface area contributed by atoms with Crippen molar-refractivity contribution >= 4 is 11.3 Å². The summed E-state index contributed by atoms with van der Waals surface area (Å²) in [6, 6.07) is 4.11. The Kier molecular flexibility index (Phi) is 2.90. The van der Waals surface area contributed by atoms with Crippen LogP contribution in [0.3, 0.4) is 0 Å². The number of nitrogens with two attached hydrogens (primary N) is 1. The summed E-state index contributed by atoms with van der Waals surface area (Å²) in [5, 5.41) is 2.12. The fraction of sp³-hybridized carbons (Fsp3) is 0.273. The maximum atomic E-state index is 5.59. The summed E-state index contributed by atoms with van der Waals surface area (Å²) in [5.74, 6) is 6.49. The highest BCUT2D eigenvalue weighted by Crippen LogP contribution is 2.28. The molecule has 4 heteroatoms. The zero-order valence-corrected chi connectivity index (χ0v) is 9.60. The second-order valence-corrected chi connectivity index (χ2v) is 4.64. The summed E-state index contributed by atoms with van der Waals surface area (Å²) in [4.78, 5) is 1.28. The smallest absolute Gasteiger partial charge is 0.105 e. The lowest BCUT2D eigenvalue weighted by Crippen LogP contribution is -2.28. The lowest BCUT2D eigenvalue weighted by atomic mass is 10.0. The van der Waals surface area contributed by atoms with Crippen molar-refractivity contribution in [2.45, 2.75) is 19.9 Å². The van der Waals surface area contributed by atoms with Crippen LogP contribution in [0.15, 0.2) is 28.2 Å². The van der Waals surface area contributed by atoms with Crippen LogP contribution in [0.4, 0.5) is 0 Å². The van der Waals surface area contributed by atoms with Gasteiger partial charge in [-0.05, 0) is 36.9 Å². The zero-order chi connectivity index (χ0) is 10.8. The van der Waals surface area contributed by atoms with Gasteiger partial charge in [0.25, 0.3) is 0 Å². The second-order valence-electron chi connectivity index (χ2n) is 3.52. The van der Waals surface area contributed by atoms with Crippen molar-refractivity contribution in [2.24, 2.45) is 5.84 Å². The maximum absolute atomic E-state index is 5.59. The van der Waals surface area contributed by atoms with Crippen LogP contribution in [0.1, 0.15) is 27.8 Å². The Morgan fingerprint density at radius 2 is 2.27 bits per heavy atom. The molecular formula is C11H14N2OS. The predicted octanol–water partition coefficient (Wildman–Crippen LogP) is 2.51. The number of furan rings is 1. The van der Waals surface area contributed by atoms with Crippen LogP contribution >= 0.6 is 11.3 Å². The van der Waals surface area contributed by atoms with Gasteiger partial charge >= 0.3 is 0 Å². The monoisotopic (exact) mass is 222 g/mol. The highest BCUT2D eigenvalue weighted by Gasteiger charge is 2.17. The molecule has 0 spiro atoms. The van der Waals surface area contributed by atoms with E-state index in [0.717, 1.165) is 11.3 Å². The molecule has 0 aliphatic carbocycles. The Bertz CT molecular complexity index is 447. The van der Waals surface area contributed by atoms with E-state index in [1.165, 1.54) is 10.4 Å². The first-order valence-electron chi connectivity index (χ1n) is 4.77. The number of hydrazine groups is 1. The lowest BCUT2D eigenvalue weighted by molar-refractivity contribution is 0.520. The van der Waals surface area contributed by atoms with Crippen molar-refractivity contribution in [1.82, 2.24) is 5.43 Å². The molecule has 0 bridgehead atoms. The van der Waals surface area contributed by atoms with E-state index in [1.807, 2.05) is 13.0 Å². The number of hydrogen-bond acceptors (Lipinski definition) is 4. The molecule has 1 unspecified atom stereocenters. The summed E-state index contributed by atoms with van der Waals surface area (Å²) >= 11 is 1.73. The highest BCUT2D eigenvalue weighted by atomic mass is 32.1. The number of hydrogen-bond donors (Lipinski definition) is 2. The Labute approximate surface area is 92.9 Å². The molecule has 15 heavy (non-hydrogen) atoms. The van der Waals surface area contributed by atoms with Crippen molar-refractivity contribution in [1.29, 1.82) is 0 Å². The van der Waals surface area contributed by atoms with Crippen molar-refractivity contribution in [3.63, 3.8) is 0 Å². The minimum atomic E-state index is 0.0219. The van der Waals surface area contributed by atoms with Crippen LogP contribution in [0, 0.1) is 13.8 Å². The molecule has 0 aliphatic heterocycles. The number of rotatable bonds is 3. The molecule has 0 aliphatic rings. The van der Waals surface area contributed by atoms with E-state index in [1.54, 1.807) is 17.6 Å². The predicted molar refractivity (Wildman–Crippen MR) is 61.7 cm³/mol. The Morgan fingerprint density at radius 3 is 2.73 bits per heavy atom. The van der Waals surface area contributed by atoms with Crippen LogP contribution < -0.4 is 11.3 Å². The molecule has 0 saturated heterocycles. The topological polar surface area (TPSA) is 51.2 Å². The molecule has 0 aromatic carbocycles. The third-order valence-electron chi connectivity index (χ3n) is 2.46. The molecule has 0 radical (unpaired) electrons. The van der Waals surface area contributed by atoms with Gasteiger partial charge in [0, 0.05) is 10.4 Å². The van der Waals surface area contributed by atoms with E-state index >= 15 is 0 Å². The van der Waals surface area contributed by atoms with Gasteiger partial charge in [0.1, 0.15) is 5.76 Å². The molecule has 0 saturated carbocycles. The average Bonchev–Trinajstić information content (AvgIpc) is 2.79. The highest BCUT2D eigenvalue weighted by molar-refractivity contribution is 7.10. The van der Waals surface area contributed by atoms with Crippen LogP contribution in [-0.4, -0.2) is 0 Å². The van der Waals surface area contributed by atoms with Crippen LogP contribution in [0.2, 0.25) is 0 Å². The number of thiophene rings is 1. The van der Waals surface area contributed by atoms with Crippen molar-refractivity contribution in [3.05, 3.63) is 45.5 Å². The molecule has 1 atom stereocenters. The molecule has 2 heterocycles. The molecule has 0 fully saturated rings. The Balaban J connectivity index is 2.36. The summed E-state index contributed by atoms with van der Waals surface area (Å²) in [5.41, 5.74) is 5.10. The van der Waals surface area contributed by atoms with Crippen LogP contribution in [0.5, 0.6) is 0 Å². The minimum Gasteiger partial charge on any atom is -0.469 e. The van der Waals surface area contributed by atoms with Gasteiger partial charge in [-0.3, -0.25) is 5.84 Å². The van der Waals surface area contributed by atoms with Crippen LogP contribution in [0.25, 0.3) is 0 Å². The number of aryl methyl sites for hydroxylation is 2. The molecule has 0 amide bonds. The number of nitrogens with one attached hydrogen (secondary N) is 1. The third-order valence-corrected chi connectivity index (χ3v) is 3.34. The molecular weight excluding hydrogens is 208 g/mol. The van der Waals surface area contributed by atoms with Gasteiger partial charge < -0.3 is 4.42 Å². The van der Waals surface area contributed by atoms with E-state index in [0.29, 0.717) is 0 Å². The Hall–Kier alpha value is -1.10. The molecule has 3 nitrogen and oxygen atoms in total.